The number of rotatable bonds is 3. The fourth-order valence-corrected chi connectivity index (χ4v) is 2.10. The molecule has 1 unspecified atom stereocenters. The molecule has 1 aliphatic rings. The molecule has 2 heterocycles. The standard InChI is InChI=1S/C11H16N4O3/c1-15(6-7-3-2-4-12-7)10(17)8-5-13-11(18)14-9(8)16/h5,7,12H,2-4,6H2,1H3,(H2,13,14,16,18). The summed E-state index contributed by atoms with van der Waals surface area (Å²) in [4.78, 5) is 40.2. The largest absolute Gasteiger partial charge is 0.340 e. The van der Waals surface area contributed by atoms with Crippen LogP contribution in [0.25, 0.3) is 0 Å². The molecule has 18 heavy (non-hydrogen) atoms. The highest BCUT2D eigenvalue weighted by atomic mass is 16.2. The molecule has 0 spiro atoms. The number of nitrogens with zero attached hydrogens (tertiary/aromatic N) is 1. The maximum absolute atomic E-state index is 12.0. The van der Waals surface area contributed by atoms with Gasteiger partial charge in [-0.25, -0.2) is 4.79 Å². The van der Waals surface area contributed by atoms with Gasteiger partial charge in [-0.05, 0) is 19.4 Å². The molecule has 0 saturated carbocycles. The highest BCUT2D eigenvalue weighted by Gasteiger charge is 2.21. The van der Waals surface area contributed by atoms with Crippen molar-refractivity contribution < 1.29 is 4.79 Å². The van der Waals surface area contributed by atoms with Crippen molar-refractivity contribution in [1.82, 2.24) is 20.2 Å². The van der Waals surface area contributed by atoms with Crippen LogP contribution in [-0.4, -0.2) is 47.0 Å². The van der Waals surface area contributed by atoms with Gasteiger partial charge in [0.15, 0.2) is 0 Å². The van der Waals surface area contributed by atoms with Crippen LogP contribution in [-0.2, 0) is 0 Å². The molecule has 1 atom stereocenters. The summed E-state index contributed by atoms with van der Waals surface area (Å²) >= 11 is 0. The van der Waals surface area contributed by atoms with Crippen LogP contribution in [0.5, 0.6) is 0 Å². The highest BCUT2D eigenvalue weighted by molar-refractivity contribution is 5.93. The van der Waals surface area contributed by atoms with Gasteiger partial charge in [0.2, 0.25) is 0 Å². The number of aromatic amines is 2. The Morgan fingerprint density at radius 3 is 2.89 bits per heavy atom. The summed E-state index contributed by atoms with van der Waals surface area (Å²) in [5.74, 6) is -0.388. The summed E-state index contributed by atoms with van der Waals surface area (Å²) in [6.07, 6.45) is 3.29. The molecule has 7 heteroatoms. The SMILES string of the molecule is CN(CC1CCCN1)C(=O)c1c[nH]c(=O)[nH]c1=O. The van der Waals surface area contributed by atoms with E-state index in [1.165, 1.54) is 4.90 Å². The zero-order chi connectivity index (χ0) is 13.1. The van der Waals surface area contributed by atoms with Gasteiger partial charge in [0.1, 0.15) is 5.56 Å². The first kappa shape index (κ1) is 12.6. The van der Waals surface area contributed by atoms with Crippen LogP contribution >= 0.6 is 0 Å². The maximum Gasteiger partial charge on any atom is 0.325 e. The Balaban J connectivity index is 2.10. The fraction of sp³-hybridized carbons (Fsp3) is 0.545. The van der Waals surface area contributed by atoms with E-state index in [9.17, 15) is 14.4 Å². The molecule has 0 radical (unpaired) electrons. The van der Waals surface area contributed by atoms with Gasteiger partial charge in [-0.2, -0.15) is 0 Å². The first-order valence-corrected chi connectivity index (χ1v) is 5.89. The lowest BCUT2D eigenvalue weighted by molar-refractivity contribution is 0.0781. The molecule has 0 aliphatic carbocycles. The lowest BCUT2D eigenvalue weighted by Gasteiger charge is -2.20. The zero-order valence-corrected chi connectivity index (χ0v) is 10.2. The first-order chi connectivity index (χ1) is 8.58. The van der Waals surface area contributed by atoms with Crippen molar-refractivity contribution in [2.24, 2.45) is 0 Å². The van der Waals surface area contributed by atoms with Crippen LogP contribution in [0.1, 0.15) is 23.2 Å². The number of nitrogens with one attached hydrogen (secondary N) is 3. The lowest BCUT2D eigenvalue weighted by atomic mass is 10.2. The molecular weight excluding hydrogens is 236 g/mol. The molecule has 1 aliphatic heterocycles. The molecule has 1 amide bonds. The molecule has 2 rings (SSSR count). The summed E-state index contributed by atoms with van der Waals surface area (Å²) in [7, 11) is 1.65. The van der Waals surface area contributed by atoms with Crippen molar-refractivity contribution in [3.63, 3.8) is 0 Å². The van der Waals surface area contributed by atoms with E-state index in [1.54, 1.807) is 7.05 Å². The highest BCUT2D eigenvalue weighted by Crippen LogP contribution is 2.07. The number of amides is 1. The third-order valence-electron chi connectivity index (χ3n) is 3.05. The van der Waals surface area contributed by atoms with Gasteiger partial charge < -0.3 is 15.2 Å². The number of hydrogen-bond donors (Lipinski definition) is 3. The quantitative estimate of drug-likeness (QED) is 0.635. The topological polar surface area (TPSA) is 98.1 Å². The first-order valence-electron chi connectivity index (χ1n) is 5.89. The second-order valence-electron chi connectivity index (χ2n) is 4.46. The molecule has 7 nitrogen and oxygen atoms in total. The third kappa shape index (κ3) is 2.67. The monoisotopic (exact) mass is 252 g/mol. The fourth-order valence-electron chi connectivity index (χ4n) is 2.10. The predicted octanol–water partition coefficient (Wildman–Crippen LogP) is -1.11. The van der Waals surface area contributed by atoms with Gasteiger partial charge in [-0.3, -0.25) is 14.6 Å². The molecule has 0 bridgehead atoms. The lowest BCUT2D eigenvalue weighted by Crippen LogP contribution is -2.41. The molecule has 1 aromatic rings. The Kier molecular flexibility index (Phi) is 3.61. The number of carbonyl (C=O) groups is 1. The molecule has 1 aromatic heterocycles. The molecule has 1 saturated heterocycles. The minimum atomic E-state index is -0.657. The third-order valence-corrected chi connectivity index (χ3v) is 3.05. The van der Waals surface area contributed by atoms with E-state index in [2.05, 4.69) is 10.3 Å². The van der Waals surface area contributed by atoms with E-state index >= 15 is 0 Å². The number of likely N-dealkylation sites (N-methyl/N-ethyl adjacent to an activating group) is 1. The molecular formula is C11H16N4O3. The van der Waals surface area contributed by atoms with E-state index in [0.717, 1.165) is 25.6 Å². The Labute approximate surface area is 103 Å². The second kappa shape index (κ2) is 5.18. The molecule has 0 aromatic carbocycles. The Bertz CT molecular complexity index is 542. The van der Waals surface area contributed by atoms with Crippen LogP contribution in [0.15, 0.2) is 15.8 Å². The minimum absolute atomic E-state index is 0.0462. The van der Waals surface area contributed by atoms with Crippen molar-refractivity contribution in [2.45, 2.75) is 18.9 Å². The molecule has 1 fully saturated rings. The van der Waals surface area contributed by atoms with Gasteiger partial charge in [-0.15, -0.1) is 0 Å². The average Bonchev–Trinajstić information content (AvgIpc) is 2.81. The Morgan fingerprint density at radius 2 is 2.28 bits per heavy atom. The van der Waals surface area contributed by atoms with Gasteiger partial charge in [0.05, 0.1) is 0 Å². The van der Waals surface area contributed by atoms with Crippen molar-refractivity contribution in [3.05, 3.63) is 32.6 Å². The van der Waals surface area contributed by atoms with Gasteiger partial charge in [0.25, 0.3) is 11.5 Å². The van der Waals surface area contributed by atoms with Gasteiger partial charge in [-0.1, -0.05) is 0 Å². The smallest absolute Gasteiger partial charge is 0.325 e. The van der Waals surface area contributed by atoms with Gasteiger partial charge >= 0.3 is 5.69 Å². The van der Waals surface area contributed by atoms with E-state index in [4.69, 9.17) is 0 Å². The second-order valence-corrected chi connectivity index (χ2v) is 4.46. The van der Waals surface area contributed by atoms with Crippen molar-refractivity contribution in [3.8, 4) is 0 Å². The number of hydrogen-bond acceptors (Lipinski definition) is 4. The minimum Gasteiger partial charge on any atom is -0.340 e. The van der Waals surface area contributed by atoms with Crippen LogP contribution in [0.4, 0.5) is 0 Å². The molecule has 98 valence electrons. The van der Waals surface area contributed by atoms with E-state index in [1.807, 2.05) is 4.98 Å². The number of H-pyrrole nitrogens is 2. The van der Waals surface area contributed by atoms with E-state index in [-0.39, 0.29) is 17.5 Å². The van der Waals surface area contributed by atoms with Gasteiger partial charge in [0, 0.05) is 25.8 Å². The van der Waals surface area contributed by atoms with Crippen LogP contribution in [0, 0.1) is 0 Å². The molecule has 3 N–H and O–H groups in total. The normalized spacial score (nSPS) is 18.8. The Morgan fingerprint density at radius 1 is 1.50 bits per heavy atom. The number of aromatic nitrogens is 2. The Hall–Kier alpha value is -1.89. The summed E-state index contributed by atoms with van der Waals surface area (Å²) < 4.78 is 0. The predicted molar refractivity (Wildman–Crippen MR) is 65.7 cm³/mol. The van der Waals surface area contributed by atoms with Crippen molar-refractivity contribution in [2.75, 3.05) is 20.1 Å². The van der Waals surface area contributed by atoms with E-state index < -0.39 is 11.2 Å². The average molecular weight is 252 g/mol. The summed E-state index contributed by atoms with van der Waals surface area (Å²) in [6, 6.07) is 0.279. The number of carbonyl (C=O) groups excluding carboxylic acids is 1. The van der Waals surface area contributed by atoms with Crippen molar-refractivity contribution in [1.29, 1.82) is 0 Å². The van der Waals surface area contributed by atoms with Crippen molar-refractivity contribution >= 4 is 5.91 Å². The summed E-state index contributed by atoms with van der Waals surface area (Å²) in [5, 5.41) is 3.28. The van der Waals surface area contributed by atoms with E-state index in [0.29, 0.717) is 6.54 Å². The maximum atomic E-state index is 12.0. The van der Waals surface area contributed by atoms with Crippen LogP contribution in [0.3, 0.4) is 0 Å². The van der Waals surface area contributed by atoms with Crippen LogP contribution < -0.4 is 16.6 Å². The summed E-state index contributed by atoms with van der Waals surface area (Å²) in [5.41, 5.74) is -1.32. The zero-order valence-electron chi connectivity index (χ0n) is 10.2. The summed E-state index contributed by atoms with van der Waals surface area (Å²) in [6.45, 7) is 1.52. The van der Waals surface area contributed by atoms with Crippen LogP contribution in [0.2, 0.25) is 0 Å².